The van der Waals surface area contributed by atoms with Crippen LogP contribution in [-0.2, 0) is 4.79 Å². The minimum absolute atomic E-state index is 0.249. The summed E-state index contributed by atoms with van der Waals surface area (Å²) in [6, 6.07) is 13.9. The number of carbonyl (C=O) groups is 1. The molecule has 0 spiro atoms. The fraction of sp³-hybridized carbons (Fsp3) is 0.190. The Morgan fingerprint density at radius 1 is 1.07 bits per heavy atom. The van der Waals surface area contributed by atoms with Gasteiger partial charge in [-0.25, -0.2) is 8.78 Å². The molecule has 3 nitrogen and oxygen atoms in total. The smallest absolute Gasteiger partial charge is 0.241 e. The van der Waals surface area contributed by atoms with Crippen molar-refractivity contribution in [1.29, 1.82) is 0 Å². The van der Waals surface area contributed by atoms with Gasteiger partial charge in [0.2, 0.25) is 5.91 Å². The molecule has 6 heteroatoms. The normalized spacial score (nSPS) is 13.2. The molecule has 0 saturated heterocycles. The van der Waals surface area contributed by atoms with E-state index in [2.05, 4.69) is 10.6 Å². The third kappa shape index (κ3) is 4.78. The lowest BCUT2D eigenvalue weighted by Gasteiger charge is -2.23. The lowest BCUT2D eigenvalue weighted by atomic mass is 10.0. The van der Waals surface area contributed by atoms with E-state index in [1.54, 1.807) is 49.4 Å². The number of hydrogen-bond donors (Lipinski definition) is 2. The number of rotatable bonds is 6. The lowest BCUT2D eigenvalue weighted by Crippen LogP contribution is -2.40. The summed E-state index contributed by atoms with van der Waals surface area (Å²) >= 11 is 1.55. The molecule has 0 radical (unpaired) electrons. The molecule has 27 heavy (non-hydrogen) atoms. The van der Waals surface area contributed by atoms with Crippen molar-refractivity contribution in [2.75, 3.05) is 5.32 Å². The van der Waals surface area contributed by atoms with Gasteiger partial charge in [0, 0.05) is 10.6 Å². The van der Waals surface area contributed by atoms with Crippen LogP contribution >= 0.6 is 11.3 Å². The molecule has 1 heterocycles. The quantitative estimate of drug-likeness (QED) is 0.623. The fourth-order valence-corrected chi connectivity index (χ4v) is 3.51. The monoisotopic (exact) mass is 386 g/mol. The van der Waals surface area contributed by atoms with Crippen LogP contribution in [0.5, 0.6) is 0 Å². The Labute approximate surface area is 161 Å². The number of nitrogens with one attached hydrogen (secondary N) is 2. The van der Waals surface area contributed by atoms with Crippen molar-refractivity contribution in [2.24, 2.45) is 0 Å². The number of hydrogen-bond acceptors (Lipinski definition) is 3. The van der Waals surface area contributed by atoms with Crippen molar-refractivity contribution >= 4 is 22.9 Å². The molecule has 0 aliphatic heterocycles. The number of amides is 1. The van der Waals surface area contributed by atoms with E-state index in [1.165, 1.54) is 18.2 Å². The number of benzene rings is 2. The first-order valence-corrected chi connectivity index (χ1v) is 9.44. The van der Waals surface area contributed by atoms with Crippen LogP contribution in [0.3, 0.4) is 0 Å². The molecular formula is C21H20F2N2OS. The van der Waals surface area contributed by atoms with E-state index in [4.69, 9.17) is 0 Å². The van der Waals surface area contributed by atoms with Gasteiger partial charge < -0.3 is 5.32 Å². The molecule has 2 N–H and O–H groups in total. The summed E-state index contributed by atoms with van der Waals surface area (Å²) in [5.41, 5.74) is 1.79. The number of aryl methyl sites for hydroxylation is 1. The molecule has 0 fully saturated rings. The van der Waals surface area contributed by atoms with Crippen LogP contribution in [0.4, 0.5) is 14.5 Å². The number of anilines is 1. The molecular weight excluding hydrogens is 366 g/mol. The van der Waals surface area contributed by atoms with Crippen molar-refractivity contribution in [3.05, 3.63) is 87.6 Å². The Kier molecular flexibility index (Phi) is 5.98. The van der Waals surface area contributed by atoms with Gasteiger partial charge in [-0.1, -0.05) is 24.3 Å². The number of carbonyl (C=O) groups excluding carboxylic acids is 1. The maximum absolute atomic E-state index is 13.7. The molecule has 2 unspecified atom stereocenters. The average molecular weight is 386 g/mol. The summed E-state index contributed by atoms with van der Waals surface area (Å²) in [7, 11) is 0. The molecule has 0 bridgehead atoms. The predicted molar refractivity (Wildman–Crippen MR) is 105 cm³/mol. The second-order valence-corrected chi connectivity index (χ2v) is 7.32. The second kappa shape index (κ2) is 8.41. The van der Waals surface area contributed by atoms with E-state index in [1.807, 2.05) is 17.5 Å². The van der Waals surface area contributed by atoms with Gasteiger partial charge in [0.05, 0.1) is 12.1 Å². The molecule has 2 aromatic carbocycles. The summed E-state index contributed by atoms with van der Waals surface area (Å²) in [6.07, 6.45) is 0. The summed E-state index contributed by atoms with van der Waals surface area (Å²) in [6.45, 7) is 3.41. The van der Waals surface area contributed by atoms with Gasteiger partial charge in [0.1, 0.15) is 11.6 Å². The van der Waals surface area contributed by atoms with Crippen molar-refractivity contribution in [3.8, 4) is 0 Å². The maximum atomic E-state index is 13.7. The highest BCUT2D eigenvalue weighted by Crippen LogP contribution is 2.27. The zero-order valence-electron chi connectivity index (χ0n) is 15.0. The Balaban J connectivity index is 1.75. The van der Waals surface area contributed by atoms with Crippen LogP contribution in [0, 0.1) is 18.6 Å². The van der Waals surface area contributed by atoms with Gasteiger partial charge in [0.25, 0.3) is 0 Å². The molecule has 3 rings (SSSR count). The van der Waals surface area contributed by atoms with Gasteiger partial charge in [0.15, 0.2) is 0 Å². The topological polar surface area (TPSA) is 41.1 Å². The van der Waals surface area contributed by atoms with Crippen LogP contribution in [0.25, 0.3) is 0 Å². The minimum atomic E-state index is -0.550. The summed E-state index contributed by atoms with van der Waals surface area (Å²) in [4.78, 5) is 13.6. The van der Waals surface area contributed by atoms with Crippen molar-refractivity contribution in [2.45, 2.75) is 25.9 Å². The Morgan fingerprint density at radius 2 is 1.81 bits per heavy atom. The third-order valence-electron chi connectivity index (χ3n) is 4.28. The van der Waals surface area contributed by atoms with Crippen molar-refractivity contribution in [3.63, 3.8) is 0 Å². The van der Waals surface area contributed by atoms with E-state index >= 15 is 0 Å². The van der Waals surface area contributed by atoms with Gasteiger partial charge in [-0.3, -0.25) is 10.1 Å². The SMILES string of the molecule is Cc1ccc(NC(=O)C(C)NC(c2ccc(F)cc2)c2cccs2)cc1F. The zero-order chi connectivity index (χ0) is 19.4. The molecule has 0 saturated carbocycles. The predicted octanol–water partition coefficient (Wildman–Crippen LogP) is 5.04. The Morgan fingerprint density at radius 3 is 2.44 bits per heavy atom. The number of thiophene rings is 1. The van der Waals surface area contributed by atoms with Gasteiger partial charge in [-0.05, 0) is 60.7 Å². The largest absolute Gasteiger partial charge is 0.325 e. The third-order valence-corrected chi connectivity index (χ3v) is 5.22. The number of halogens is 2. The zero-order valence-corrected chi connectivity index (χ0v) is 15.8. The summed E-state index contributed by atoms with van der Waals surface area (Å²) in [5.74, 6) is -0.950. The Hall–Kier alpha value is -2.57. The van der Waals surface area contributed by atoms with E-state index in [0.717, 1.165) is 10.4 Å². The second-order valence-electron chi connectivity index (χ2n) is 6.34. The van der Waals surface area contributed by atoms with Crippen LogP contribution < -0.4 is 10.6 Å². The van der Waals surface area contributed by atoms with Crippen LogP contribution in [-0.4, -0.2) is 11.9 Å². The van der Waals surface area contributed by atoms with Crippen molar-refractivity contribution in [1.82, 2.24) is 5.32 Å². The standard InChI is InChI=1S/C21H20F2N2OS/c1-13-5-10-17(12-18(13)23)25-21(26)14(2)24-20(19-4-3-11-27-19)15-6-8-16(22)9-7-15/h3-12,14,20,24H,1-2H3,(H,25,26). The van der Waals surface area contributed by atoms with Gasteiger partial charge in [-0.15, -0.1) is 11.3 Å². The summed E-state index contributed by atoms with van der Waals surface area (Å²) in [5, 5.41) is 7.96. The molecule has 0 aliphatic carbocycles. The van der Waals surface area contributed by atoms with E-state index in [0.29, 0.717) is 11.3 Å². The highest BCUT2D eigenvalue weighted by Gasteiger charge is 2.22. The molecule has 3 aromatic rings. The highest BCUT2D eigenvalue weighted by atomic mass is 32.1. The molecule has 2 atom stereocenters. The lowest BCUT2D eigenvalue weighted by molar-refractivity contribution is -0.117. The molecule has 0 aliphatic rings. The van der Waals surface area contributed by atoms with E-state index in [9.17, 15) is 13.6 Å². The molecule has 140 valence electrons. The van der Waals surface area contributed by atoms with Crippen LogP contribution in [0.15, 0.2) is 60.0 Å². The first kappa shape index (κ1) is 19.2. The maximum Gasteiger partial charge on any atom is 0.241 e. The minimum Gasteiger partial charge on any atom is -0.325 e. The Bertz CT molecular complexity index is 910. The van der Waals surface area contributed by atoms with Crippen molar-refractivity contribution < 1.29 is 13.6 Å². The molecule has 1 aromatic heterocycles. The highest BCUT2D eigenvalue weighted by molar-refractivity contribution is 7.10. The fourth-order valence-electron chi connectivity index (χ4n) is 2.70. The van der Waals surface area contributed by atoms with Gasteiger partial charge >= 0.3 is 0 Å². The van der Waals surface area contributed by atoms with Crippen LogP contribution in [0.1, 0.15) is 29.0 Å². The first-order valence-electron chi connectivity index (χ1n) is 8.56. The molecule has 1 amide bonds. The first-order chi connectivity index (χ1) is 12.9. The van der Waals surface area contributed by atoms with E-state index in [-0.39, 0.29) is 23.6 Å². The average Bonchev–Trinajstić information content (AvgIpc) is 3.18. The summed E-state index contributed by atoms with van der Waals surface area (Å²) < 4.78 is 27.0. The van der Waals surface area contributed by atoms with Crippen LogP contribution in [0.2, 0.25) is 0 Å². The van der Waals surface area contributed by atoms with Gasteiger partial charge in [-0.2, -0.15) is 0 Å². The van der Waals surface area contributed by atoms with E-state index < -0.39 is 6.04 Å².